The maximum Gasteiger partial charge on any atom is 0.341 e. The molecule has 2 rings (SSSR count). The smallest absolute Gasteiger partial charge is 0.341 e. The van der Waals surface area contributed by atoms with Gasteiger partial charge in [0.05, 0.1) is 18.5 Å². The lowest BCUT2D eigenvalue weighted by Gasteiger charge is -2.19. The molecular weight excluding hydrogens is 254 g/mol. The molecule has 1 aromatic rings. The van der Waals surface area contributed by atoms with Crippen molar-refractivity contribution >= 4 is 17.5 Å². The van der Waals surface area contributed by atoms with E-state index < -0.39 is 0 Å². The van der Waals surface area contributed by atoms with Gasteiger partial charge in [0.1, 0.15) is 11.4 Å². The van der Waals surface area contributed by atoms with E-state index in [0.717, 1.165) is 12.8 Å². The van der Waals surface area contributed by atoms with Gasteiger partial charge >= 0.3 is 5.97 Å². The zero-order chi connectivity index (χ0) is 14.8. The Bertz CT molecular complexity index is 500. The summed E-state index contributed by atoms with van der Waals surface area (Å²) in [5.41, 5.74) is 6.93. The molecule has 1 atom stereocenters. The third kappa shape index (κ3) is 3.40. The lowest BCUT2D eigenvalue weighted by molar-refractivity contribution is 0.0527. The number of nitrogens with one attached hydrogen (secondary N) is 1. The van der Waals surface area contributed by atoms with Gasteiger partial charge in [-0.25, -0.2) is 9.78 Å². The van der Waals surface area contributed by atoms with Gasteiger partial charge in [-0.15, -0.1) is 0 Å². The molecule has 5 heteroatoms. The van der Waals surface area contributed by atoms with Crippen LogP contribution in [0, 0.1) is 5.41 Å². The van der Waals surface area contributed by atoms with Gasteiger partial charge in [0.25, 0.3) is 0 Å². The van der Waals surface area contributed by atoms with Crippen LogP contribution in [0.2, 0.25) is 0 Å². The van der Waals surface area contributed by atoms with Crippen LogP contribution in [0.5, 0.6) is 0 Å². The molecule has 0 aromatic carbocycles. The number of nitrogens with two attached hydrogens (primary N) is 1. The number of carbonyl (C=O) groups is 1. The van der Waals surface area contributed by atoms with E-state index in [-0.39, 0.29) is 5.97 Å². The van der Waals surface area contributed by atoms with Gasteiger partial charge in [0.15, 0.2) is 0 Å². The van der Waals surface area contributed by atoms with Gasteiger partial charge in [0.2, 0.25) is 0 Å². The van der Waals surface area contributed by atoms with Crippen LogP contribution in [-0.2, 0) is 4.74 Å². The normalized spacial score (nSPS) is 20.6. The summed E-state index contributed by atoms with van der Waals surface area (Å²) in [4.78, 5) is 16.2. The van der Waals surface area contributed by atoms with Crippen LogP contribution in [0.4, 0.5) is 11.5 Å². The van der Waals surface area contributed by atoms with Gasteiger partial charge in [0, 0.05) is 6.04 Å². The van der Waals surface area contributed by atoms with Gasteiger partial charge in [-0.3, -0.25) is 0 Å². The zero-order valence-electron chi connectivity index (χ0n) is 12.4. The number of aromatic nitrogens is 1. The number of ether oxygens (including phenoxy) is 1. The molecule has 1 heterocycles. The number of rotatable bonds is 4. The average molecular weight is 277 g/mol. The van der Waals surface area contributed by atoms with Crippen molar-refractivity contribution in [1.29, 1.82) is 0 Å². The van der Waals surface area contributed by atoms with Gasteiger partial charge < -0.3 is 15.8 Å². The van der Waals surface area contributed by atoms with E-state index in [4.69, 9.17) is 10.5 Å². The van der Waals surface area contributed by atoms with Crippen molar-refractivity contribution in [3.63, 3.8) is 0 Å². The van der Waals surface area contributed by atoms with Crippen LogP contribution in [0.25, 0.3) is 0 Å². The third-order valence-corrected chi connectivity index (χ3v) is 3.71. The molecule has 1 fully saturated rings. The molecule has 5 nitrogen and oxygen atoms in total. The Morgan fingerprint density at radius 1 is 1.60 bits per heavy atom. The molecule has 3 N–H and O–H groups in total. The number of anilines is 2. The monoisotopic (exact) mass is 277 g/mol. The third-order valence-electron chi connectivity index (χ3n) is 3.71. The molecule has 1 aliphatic rings. The molecular formula is C15H23N3O2. The molecule has 0 saturated heterocycles. The van der Waals surface area contributed by atoms with Crippen molar-refractivity contribution in [2.45, 2.75) is 46.1 Å². The van der Waals surface area contributed by atoms with E-state index in [1.165, 1.54) is 6.42 Å². The molecule has 0 radical (unpaired) electrons. The Balaban J connectivity index is 2.17. The first-order valence-corrected chi connectivity index (χ1v) is 7.10. The number of nitrogens with zero attached hydrogens (tertiary/aromatic N) is 1. The first-order valence-electron chi connectivity index (χ1n) is 7.10. The first-order chi connectivity index (χ1) is 9.41. The lowest BCUT2D eigenvalue weighted by atomic mass is 9.92. The van der Waals surface area contributed by atoms with Crippen LogP contribution < -0.4 is 11.1 Å². The number of nitrogen functional groups attached to an aromatic ring is 1. The average Bonchev–Trinajstić information content (AvgIpc) is 2.71. The van der Waals surface area contributed by atoms with Crippen molar-refractivity contribution in [3.8, 4) is 0 Å². The number of hydrogen-bond acceptors (Lipinski definition) is 5. The van der Waals surface area contributed by atoms with Crippen molar-refractivity contribution in [2.75, 3.05) is 17.7 Å². The Morgan fingerprint density at radius 2 is 2.35 bits per heavy atom. The van der Waals surface area contributed by atoms with Crippen molar-refractivity contribution < 1.29 is 9.53 Å². The molecule has 20 heavy (non-hydrogen) atoms. The van der Waals surface area contributed by atoms with Crippen LogP contribution >= 0.6 is 0 Å². The second kappa shape index (κ2) is 5.69. The second-order valence-electron chi connectivity index (χ2n) is 6.13. The summed E-state index contributed by atoms with van der Waals surface area (Å²) >= 11 is 0. The second-order valence-corrected chi connectivity index (χ2v) is 6.13. The van der Waals surface area contributed by atoms with Crippen molar-refractivity contribution in [1.82, 2.24) is 4.98 Å². The minimum Gasteiger partial charge on any atom is -0.462 e. The quantitative estimate of drug-likeness (QED) is 0.827. The molecule has 0 bridgehead atoms. The number of hydrogen-bond donors (Lipinski definition) is 2. The van der Waals surface area contributed by atoms with Crippen LogP contribution in [0.3, 0.4) is 0 Å². The van der Waals surface area contributed by atoms with Gasteiger partial charge in [-0.1, -0.05) is 13.8 Å². The van der Waals surface area contributed by atoms with Crippen LogP contribution in [0.1, 0.15) is 50.4 Å². The predicted octanol–water partition coefficient (Wildman–Crippen LogP) is 2.83. The van der Waals surface area contributed by atoms with Crippen LogP contribution in [-0.4, -0.2) is 23.6 Å². The van der Waals surface area contributed by atoms with E-state index in [1.54, 1.807) is 19.2 Å². The number of pyridine rings is 1. The highest BCUT2D eigenvalue weighted by Crippen LogP contribution is 2.38. The minimum atomic E-state index is -0.382. The zero-order valence-corrected chi connectivity index (χ0v) is 12.4. The SMILES string of the molecule is CCOC(=O)c1cc(N)cnc1NC1CCC(C)(C)C1. The summed E-state index contributed by atoms with van der Waals surface area (Å²) < 4.78 is 5.05. The fourth-order valence-corrected chi connectivity index (χ4v) is 2.71. The summed E-state index contributed by atoms with van der Waals surface area (Å²) in [5, 5.41) is 3.36. The Hall–Kier alpha value is -1.78. The Morgan fingerprint density at radius 3 is 2.95 bits per heavy atom. The van der Waals surface area contributed by atoms with Crippen molar-refractivity contribution in [3.05, 3.63) is 17.8 Å². The number of esters is 1. The molecule has 1 unspecified atom stereocenters. The highest BCUT2D eigenvalue weighted by Gasteiger charge is 2.31. The molecule has 1 saturated carbocycles. The van der Waals surface area contributed by atoms with E-state index >= 15 is 0 Å². The molecule has 0 spiro atoms. The first kappa shape index (κ1) is 14.6. The van der Waals surface area contributed by atoms with E-state index in [1.807, 2.05) is 0 Å². The van der Waals surface area contributed by atoms with Crippen LogP contribution in [0.15, 0.2) is 12.3 Å². The fourth-order valence-electron chi connectivity index (χ4n) is 2.71. The Labute approximate surface area is 119 Å². The maximum absolute atomic E-state index is 12.0. The minimum absolute atomic E-state index is 0.337. The summed E-state index contributed by atoms with van der Waals surface area (Å²) in [6, 6.07) is 1.96. The molecule has 1 aliphatic carbocycles. The summed E-state index contributed by atoms with van der Waals surface area (Å²) in [6.07, 6.45) is 4.89. The largest absolute Gasteiger partial charge is 0.462 e. The van der Waals surface area contributed by atoms with E-state index in [9.17, 15) is 4.79 Å². The predicted molar refractivity (Wildman–Crippen MR) is 79.6 cm³/mol. The fraction of sp³-hybridized carbons (Fsp3) is 0.600. The highest BCUT2D eigenvalue weighted by atomic mass is 16.5. The summed E-state index contributed by atoms with van der Waals surface area (Å²) in [6.45, 7) is 6.64. The lowest BCUT2D eigenvalue weighted by Crippen LogP contribution is -2.21. The van der Waals surface area contributed by atoms with Crippen molar-refractivity contribution in [2.24, 2.45) is 5.41 Å². The maximum atomic E-state index is 12.0. The summed E-state index contributed by atoms with van der Waals surface area (Å²) in [7, 11) is 0. The molecule has 110 valence electrons. The van der Waals surface area contributed by atoms with Gasteiger partial charge in [-0.2, -0.15) is 0 Å². The van der Waals surface area contributed by atoms with Gasteiger partial charge in [-0.05, 0) is 37.7 Å². The topological polar surface area (TPSA) is 77.2 Å². The molecule has 0 amide bonds. The molecule has 1 aromatic heterocycles. The summed E-state index contributed by atoms with van der Waals surface area (Å²) in [5.74, 6) is 0.187. The van der Waals surface area contributed by atoms with E-state index in [0.29, 0.717) is 35.1 Å². The number of carbonyl (C=O) groups excluding carboxylic acids is 1. The Kier molecular flexibility index (Phi) is 4.16. The highest BCUT2D eigenvalue weighted by molar-refractivity contribution is 5.95. The molecule has 0 aliphatic heterocycles. The van der Waals surface area contributed by atoms with E-state index in [2.05, 4.69) is 24.1 Å². The standard InChI is InChI=1S/C15H23N3O2/c1-4-20-14(19)12-7-10(16)9-17-13(12)18-11-5-6-15(2,3)8-11/h7,9,11H,4-6,8,16H2,1-3H3,(H,17,18).